The summed E-state index contributed by atoms with van der Waals surface area (Å²) in [5, 5.41) is 48.7. The number of benzene rings is 1. The van der Waals surface area contributed by atoms with Crippen LogP contribution in [-0.4, -0.2) is 75.9 Å². The Hall–Kier alpha value is -3.25. The summed E-state index contributed by atoms with van der Waals surface area (Å²) in [7, 11) is 0. The zero-order chi connectivity index (χ0) is 34.7. The van der Waals surface area contributed by atoms with Gasteiger partial charge in [0.1, 0.15) is 24.0 Å². The maximum atomic E-state index is 13.3. The van der Waals surface area contributed by atoms with Crippen molar-refractivity contribution < 1.29 is 44.3 Å². The number of rotatable bonds is 7. The van der Waals surface area contributed by atoms with E-state index in [2.05, 4.69) is 10.6 Å². The minimum Gasteiger partial charge on any atom is -0.508 e. The molecule has 1 saturated heterocycles. The van der Waals surface area contributed by atoms with E-state index in [-0.39, 0.29) is 68.3 Å². The van der Waals surface area contributed by atoms with E-state index < -0.39 is 54.4 Å². The molecular formula is C36H54N2O9. The van der Waals surface area contributed by atoms with Gasteiger partial charge >= 0.3 is 5.97 Å². The molecule has 0 aromatic heterocycles. The maximum absolute atomic E-state index is 13.3. The first kappa shape index (κ1) is 38.2. The number of allylic oxidation sites excluding steroid dienone is 3. The Labute approximate surface area is 278 Å². The van der Waals surface area contributed by atoms with Crippen molar-refractivity contribution >= 4 is 17.8 Å². The molecule has 1 aliphatic carbocycles. The van der Waals surface area contributed by atoms with Gasteiger partial charge in [-0.15, -0.1) is 0 Å². The third kappa shape index (κ3) is 11.7. The summed E-state index contributed by atoms with van der Waals surface area (Å²) in [6, 6.07) is 7.84. The average molecular weight is 659 g/mol. The lowest BCUT2D eigenvalue weighted by atomic mass is 9.88. The van der Waals surface area contributed by atoms with Gasteiger partial charge in [0.25, 0.3) is 0 Å². The largest absolute Gasteiger partial charge is 0.508 e. The molecule has 0 spiro atoms. The lowest BCUT2D eigenvalue weighted by Crippen LogP contribution is -2.49. The van der Waals surface area contributed by atoms with Gasteiger partial charge in [-0.3, -0.25) is 14.4 Å². The van der Waals surface area contributed by atoms with Crippen molar-refractivity contribution in [1.82, 2.24) is 10.6 Å². The summed E-state index contributed by atoms with van der Waals surface area (Å²) in [6.07, 6.45) is 0.533. The molecule has 262 valence electrons. The van der Waals surface area contributed by atoms with E-state index in [9.17, 15) is 34.8 Å². The molecule has 0 saturated carbocycles. The van der Waals surface area contributed by atoms with Crippen LogP contribution in [0.4, 0.5) is 0 Å². The Morgan fingerprint density at radius 2 is 1.77 bits per heavy atom. The second-order valence-electron chi connectivity index (χ2n) is 13.6. The van der Waals surface area contributed by atoms with E-state index >= 15 is 0 Å². The average Bonchev–Trinajstić information content (AvgIpc) is 3.04. The number of carbonyl (C=O) groups is 3. The maximum Gasteiger partial charge on any atom is 0.306 e. The van der Waals surface area contributed by atoms with Gasteiger partial charge in [-0.2, -0.15) is 0 Å². The monoisotopic (exact) mass is 658 g/mol. The fraction of sp³-hybridized carbons (Fsp3) is 0.639. The zero-order valence-corrected chi connectivity index (χ0v) is 28.3. The van der Waals surface area contributed by atoms with Gasteiger partial charge in [-0.05, 0) is 67.6 Å². The van der Waals surface area contributed by atoms with Crippen LogP contribution in [0.5, 0.6) is 0 Å². The lowest BCUT2D eigenvalue weighted by Gasteiger charge is -2.32. The van der Waals surface area contributed by atoms with Gasteiger partial charge in [0.05, 0.1) is 19.1 Å². The van der Waals surface area contributed by atoms with Crippen molar-refractivity contribution in [2.24, 2.45) is 29.6 Å². The highest BCUT2D eigenvalue weighted by molar-refractivity contribution is 5.87. The van der Waals surface area contributed by atoms with Crippen LogP contribution in [0.3, 0.4) is 0 Å². The van der Waals surface area contributed by atoms with Crippen LogP contribution in [0, 0.1) is 29.6 Å². The van der Waals surface area contributed by atoms with Crippen LogP contribution < -0.4 is 10.6 Å². The summed E-state index contributed by atoms with van der Waals surface area (Å²) < 4.78 is 11.7. The fourth-order valence-electron chi connectivity index (χ4n) is 5.86. The van der Waals surface area contributed by atoms with Gasteiger partial charge in [0, 0.05) is 24.8 Å². The van der Waals surface area contributed by atoms with Crippen LogP contribution in [0.2, 0.25) is 0 Å². The first-order chi connectivity index (χ1) is 22.3. The molecule has 1 aliphatic heterocycles. The molecular weight excluding hydrogens is 604 g/mol. The van der Waals surface area contributed by atoms with Crippen molar-refractivity contribution in [3.63, 3.8) is 0 Å². The first-order valence-corrected chi connectivity index (χ1v) is 16.8. The van der Waals surface area contributed by atoms with Crippen molar-refractivity contribution in [2.75, 3.05) is 13.2 Å². The molecule has 1 fully saturated rings. The molecule has 3 rings (SSSR count). The molecule has 0 radical (unpaired) electrons. The number of ether oxygens (including phenoxy) is 2. The molecule has 9 atom stereocenters. The Kier molecular flexibility index (Phi) is 14.9. The smallest absolute Gasteiger partial charge is 0.306 e. The summed E-state index contributed by atoms with van der Waals surface area (Å²) in [4.78, 5) is 39.8. The van der Waals surface area contributed by atoms with Crippen molar-refractivity contribution in [3.8, 4) is 0 Å². The number of hydrogen-bond acceptors (Lipinski definition) is 9. The van der Waals surface area contributed by atoms with Crippen LogP contribution in [0.25, 0.3) is 0 Å². The molecule has 1 aromatic rings. The molecule has 47 heavy (non-hydrogen) atoms. The van der Waals surface area contributed by atoms with Crippen LogP contribution in [-0.2, 0) is 23.9 Å². The van der Waals surface area contributed by atoms with E-state index in [1.54, 1.807) is 57.2 Å². The highest BCUT2D eigenvalue weighted by atomic mass is 16.6. The highest BCUT2D eigenvalue weighted by Crippen LogP contribution is 2.29. The van der Waals surface area contributed by atoms with E-state index in [0.717, 1.165) is 5.57 Å². The molecule has 2 aliphatic rings. The molecule has 11 heteroatoms. The minimum absolute atomic E-state index is 0.0120. The number of aliphatic hydroxyl groups is 4. The standard InChI is InChI=1S/C36H54N2O9/c1-21(2)27-18-32(41)47-30(24(5)33(42)34(43)26-10-7-6-8-11-26)12-9-13-31(40)38-28(16-25-15-14-22(3)29(39)17-25)35(44)37-19-23(4)36(45)46-20-27/h6-8,10-11,14,17,21,23-25,27-28,30,33-34,36,39,42-43,45H,9,12-13,15-16,18-20H2,1-5H3,(H,37,44)(H,38,40)/t23-,24+,25?,27?,28-,30+,33-,34+,36?/m1/s1. The summed E-state index contributed by atoms with van der Waals surface area (Å²) in [5.41, 5.74) is 1.28. The summed E-state index contributed by atoms with van der Waals surface area (Å²) >= 11 is 0. The second kappa shape index (κ2) is 18.3. The number of hydrogen-bond donors (Lipinski definition) is 6. The molecule has 1 aromatic carbocycles. The molecule has 11 nitrogen and oxygen atoms in total. The SMILES string of the molecule is CC1=CCC(C[C@H]2NC(=O)CCC[C@@H]([C@H](C)[C@@H](O)[C@@H](O)c3ccccc3)OC(=O)CC(C(C)C)COC(O)[C@H](C)CNC2=O)C=C1O. The lowest BCUT2D eigenvalue weighted by molar-refractivity contribution is -0.164. The number of nitrogens with one attached hydrogen (secondary N) is 2. The predicted molar refractivity (Wildman–Crippen MR) is 177 cm³/mol. The van der Waals surface area contributed by atoms with Crippen molar-refractivity contribution in [1.29, 1.82) is 0 Å². The molecule has 1 heterocycles. The number of amides is 2. The van der Waals surface area contributed by atoms with Gasteiger partial charge in [-0.25, -0.2) is 0 Å². The Balaban J connectivity index is 1.82. The van der Waals surface area contributed by atoms with Crippen molar-refractivity contribution in [2.45, 2.75) is 104 Å². The number of esters is 1. The zero-order valence-electron chi connectivity index (χ0n) is 28.3. The topological polar surface area (TPSA) is 175 Å². The molecule has 2 amide bonds. The third-order valence-corrected chi connectivity index (χ3v) is 9.42. The summed E-state index contributed by atoms with van der Waals surface area (Å²) in [6.45, 7) is 9.31. The quantitative estimate of drug-likeness (QED) is 0.238. The van der Waals surface area contributed by atoms with Gasteiger partial charge in [0.15, 0.2) is 6.29 Å². The normalized spacial score (nSPS) is 29.6. The van der Waals surface area contributed by atoms with E-state index in [1.165, 1.54) is 0 Å². The second-order valence-corrected chi connectivity index (χ2v) is 13.6. The molecule has 0 bridgehead atoms. The van der Waals surface area contributed by atoms with E-state index in [4.69, 9.17) is 9.47 Å². The van der Waals surface area contributed by atoms with Gasteiger partial charge in [0.2, 0.25) is 11.8 Å². The predicted octanol–water partition coefficient (Wildman–Crippen LogP) is 3.85. The van der Waals surface area contributed by atoms with Crippen LogP contribution in [0.1, 0.15) is 84.8 Å². The fourth-order valence-corrected chi connectivity index (χ4v) is 5.86. The van der Waals surface area contributed by atoms with E-state index in [1.807, 2.05) is 19.9 Å². The Morgan fingerprint density at radius 1 is 1.06 bits per heavy atom. The van der Waals surface area contributed by atoms with Crippen LogP contribution >= 0.6 is 0 Å². The van der Waals surface area contributed by atoms with Crippen molar-refractivity contribution in [3.05, 3.63) is 59.4 Å². The first-order valence-electron chi connectivity index (χ1n) is 16.8. The van der Waals surface area contributed by atoms with E-state index in [0.29, 0.717) is 18.4 Å². The van der Waals surface area contributed by atoms with Gasteiger partial charge < -0.3 is 40.5 Å². The van der Waals surface area contributed by atoms with Gasteiger partial charge in [-0.1, -0.05) is 64.1 Å². The summed E-state index contributed by atoms with van der Waals surface area (Å²) in [5.74, 6) is -2.73. The number of cyclic esters (lactones) is 1. The Morgan fingerprint density at radius 3 is 2.43 bits per heavy atom. The number of aliphatic hydroxyl groups excluding tert-OH is 4. The third-order valence-electron chi connectivity index (χ3n) is 9.42. The Bertz CT molecular complexity index is 1230. The highest BCUT2D eigenvalue weighted by Gasteiger charge is 2.34. The number of carbonyl (C=O) groups excluding carboxylic acids is 3. The van der Waals surface area contributed by atoms with Crippen LogP contribution in [0.15, 0.2) is 53.8 Å². The molecule has 6 N–H and O–H groups in total. The molecule has 3 unspecified atom stereocenters. The minimum atomic E-state index is -1.26.